The van der Waals surface area contributed by atoms with E-state index in [1.807, 2.05) is 18.2 Å². The summed E-state index contributed by atoms with van der Waals surface area (Å²) >= 11 is 0. The lowest BCUT2D eigenvalue weighted by Gasteiger charge is -2.32. The van der Waals surface area contributed by atoms with Crippen LogP contribution in [0.5, 0.6) is 0 Å². The highest BCUT2D eigenvalue weighted by Gasteiger charge is 2.30. The van der Waals surface area contributed by atoms with Crippen molar-refractivity contribution >= 4 is 17.6 Å². The number of benzene rings is 1. The average Bonchev–Trinajstić information content (AvgIpc) is 3.21. The van der Waals surface area contributed by atoms with Crippen molar-refractivity contribution in [1.29, 1.82) is 0 Å². The van der Waals surface area contributed by atoms with Gasteiger partial charge in [-0.05, 0) is 37.0 Å². The third-order valence-corrected chi connectivity index (χ3v) is 5.58. The van der Waals surface area contributed by atoms with Crippen molar-refractivity contribution in [2.45, 2.75) is 46.2 Å². The van der Waals surface area contributed by atoms with E-state index < -0.39 is 0 Å². The third kappa shape index (κ3) is 6.71. The highest BCUT2D eigenvalue weighted by Crippen LogP contribution is 2.18. The van der Waals surface area contributed by atoms with E-state index in [1.54, 1.807) is 0 Å². The molecule has 1 unspecified atom stereocenters. The van der Waals surface area contributed by atoms with Crippen LogP contribution in [-0.2, 0) is 16.1 Å². The normalized spacial score (nSPS) is 20.6. The van der Waals surface area contributed by atoms with Crippen molar-refractivity contribution in [2.75, 3.05) is 51.3 Å². The Morgan fingerprint density at radius 3 is 2.80 bits per heavy atom. The quantitative estimate of drug-likeness (QED) is 0.529. The maximum atomic E-state index is 12.1. The Hall–Kier alpha value is -2.12. The van der Waals surface area contributed by atoms with E-state index in [9.17, 15) is 4.79 Å². The Kier molecular flexibility index (Phi) is 8.51. The Balaban J connectivity index is 1.59. The van der Waals surface area contributed by atoms with Gasteiger partial charge >= 0.3 is 0 Å². The van der Waals surface area contributed by atoms with Gasteiger partial charge in [-0.3, -0.25) is 9.69 Å². The van der Waals surface area contributed by atoms with E-state index in [0.717, 1.165) is 63.1 Å². The first-order valence-corrected chi connectivity index (χ1v) is 11.3. The van der Waals surface area contributed by atoms with Gasteiger partial charge in [-0.15, -0.1) is 0 Å². The summed E-state index contributed by atoms with van der Waals surface area (Å²) in [4.78, 5) is 21.9. The first kappa shape index (κ1) is 22.6. The smallest absolute Gasteiger partial charge is 0.224 e. The minimum absolute atomic E-state index is 0.0604. The summed E-state index contributed by atoms with van der Waals surface area (Å²) < 4.78 is 5.49. The highest BCUT2D eigenvalue weighted by atomic mass is 16.5. The average molecular weight is 416 g/mol. The molecular formula is C23H37N5O2. The van der Waals surface area contributed by atoms with Crippen LogP contribution in [0.4, 0.5) is 5.69 Å². The first-order chi connectivity index (χ1) is 14.5. The Morgan fingerprint density at radius 1 is 1.27 bits per heavy atom. The molecule has 3 rings (SSSR count). The second kappa shape index (κ2) is 11.3. The lowest BCUT2D eigenvalue weighted by molar-refractivity contribution is -0.116. The number of hydrogen-bond donors (Lipinski definition) is 2. The second-order valence-corrected chi connectivity index (χ2v) is 8.55. The Morgan fingerprint density at radius 2 is 2.07 bits per heavy atom. The molecular weight excluding hydrogens is 378 g/mol. The maximum Gasteiger partial charge on any atom is 0.224 e. The summed E-state index contributed by atoms with van der Waals surface area (Å²) in [6.45, 7) is 13.4. The summed E-state index contributed by atoms with van der Waals surface area (Å²) in [5, 5.41) is 6.44. The molecule has 2 heterocycles. The number of morpholine rings is 1. The standard InChI is InChI=1S/C23H37N5O2/c1-4-24-23(28-9-8-21(17-28)27-10-12-30-13-11-27)25-16-19-6-5-7-20(15-19)26-22(29)14-18(2)3/h5-7,15,18,21H,4,8-14,16-17H2,1-3H3,(H,24,25)(H,26,29). The zero-order chi connectivity index (χ0) is 21.3. The number of guanidine groups is 1. The van der Waals surface area contributed by atoms with E-state index in [2.05, 4.69) is 47.3 Å². The molecule has 166 valence electrons. The summed E-state index contributed by atoms with van der Waals surface area (Å²) in [7, 11) is 0. The number of carbonyl (C=O) groups excluding carboxylic acids is 1. The van der Waals surface area contributed by atoms with Crippen LogP contribution in [0.3, 0.4) is 0 Å². The van der Waals surface area contributed by atoms with Gasteiger partial charge in [-0.25, -0.2) is 4.99 Å². The lowest BCUT2D eigenvalue weighted by Crippen LogP contribution is -2.46. The number of nitrogens with one attached hydrogen (secondary N) is 2. The zero-order valence-electron chi connectivity index (χ0n) is 18.7. The van der Waals surface area contributed by atoms with E-state index in [-0.39, 0.29) is 5.91 Å². The van der Waals surface area contributed by atoms with Gasteiger partial charge in [0, 0.05) is 50.9 Å². The molecule has 2 aliphatic rings. The molecule has 0 spiro atoms. The van der Waals surface area contributed by atoms with Crippen LogP contribution >= 0.6 is 0 Å². The van der Waals surface area contributed by atoms with Crippen molar-refractivity contribution in [3.05, 3.63) is 29.8 Å². The van der Waals surface area contributed by atoms with Gasteiger partial charge in [0.05, 0.1) is 19.8 Å². The summed E-state index contributed by atoms with van der Waals surface area (Å²) in [5.74, 6) is 1.38. The lowest BCUT2D eigenvalue weighted by atomic mass is 10.1. The van der Waals surface area contributed by atoms with E-state index in [0.29, 0.717) is 24.9 Å². The van der Waals surface area contributed by atoms with Gasteiger partial charge < -0.3 is 20.3 Å². The Bertz CT molecular complexity index is 715. The van der Waals surface area contributed by atoms with Crippen molar-refractivity contribution in [3.63, 3.8) is 0 Å². The summed E-state index contributed by atoms with van der Waals surface area (Å²) in [5.41, 5.74) is 1.93. The third-order valence-electron chi connectivity index (χ3n) is 5.58. The van der Waals surface area contributed by atoms with Gasteiger partial charge in [0.25, 0.3) is 0 Å². The molecule has 2 saturated heterocycles. The molecule has 1 atom stereocenters. The molecule has 1 amide bonds. The van der Waals surface area contributed by atoms with Gasteiger partial charge in [-0.1, -0.05) is 26.0 Å². The monoisotopic (exact) mass is 415 g/mol. The first-order valence-electron chi connectivity index (χ1n) is 11.3. The number of aliphatic imine (C=N–C) groups is 1. The van der Waals surface area contributed by atoms with Crippen LogP contribution in [0, 0.1) is 5.92 Å². The number of anilines is 1. The van der Waals surface area contributed by atoms with Crippen LogP contribution in [-0.4, -0.2) is 73.6 Å². The number of hydrogen-bond acceptors (Lipinski definition) is 4. The molecule has 0 bridgehead atoms. The van der Waals surface area contributed by atoms with Gasteiger partial charge in [0.2, 0.25) is 5.91 Å². The van der Waals surface area contributed by atoms with E-state index in [4.69, 9.17) is 9.73 Å². The number of rotatable bonds is 7. The predicted molar refractivity (Wildman–Crippen MR) is 122 cm³/mol. The molecule has 1 aromatic rings. The molecule has 0 saturated carbocycles. The largest absolute Gasteiger partial charge is 0.379 e. The number of nitrogens with zero attached hydrogens (tertiary/aromatic N) is 3. The number of ether oxygens (including phenoxy) is 1. The molecule has 7 heteroatoms. The zero-order valence-corrected chi connectivity index (χ0v) is 18.7. The van der Waals surface area contributed by atoms with Crippen molar-refractivity contribution in [3.8, 4) is 0 Å². The maximum absolute atomic E-state index is 12.1. The highest BCUT2D eigenvalue weighted by molar-refractivity contribution is 5.90. The van der Waals surface area contributed by atoms with Crippen LogP contribution in [0.2, 0.25) is 0 Å². The van der Waals surface area contributed by atoms with Crippen LogP contribution < -0.4 is 10.6 Å². The fraction of sp³-hybridized carbons (Fsp3) is 0.652. The van der Waals surface area contributed by atoms with Crippen LogP contribution in [0.1, 0.15) is 39.2 Å². The molecule has 0 aliphatic carbocycles. The van der Waals surface area contributed by atoms with Gasteiger partial charge in [0.1, 0.15) is 0 Å². The van der Waals surface area contributed by atoms with Crippen LogP contribution in [0.25, 0.3) is 0 Å². The molecule has 30 heavy (non-hydrogen) atoms. The molecule has 7 nitrogen and oxygen atoms in total. The van der Waals surface area contributed by atoms with Gasteiger partial charge in [-0.2, -0.15) is 0 Å². The van der Waals surface area contributed by atoms with Gasteiger partial charge in [0.15, 0.2) is 5.96 Å². The topological polar surface area (TPSA) is 69.2 Å². The predicted octanol–water partition coefficient (Wildman–Crippen LogP) is 2.54. The molecule has 0 aromatic heterocycles. The van der Waals surface area contributed by atoms with Crippen molar-refractivity contribution < 1.29 is 9.53 Å². The van der Waals surface area contributed by atoms with E-state index in [1.165, 1.54) is 6.42 Å². The SMILES string of the molecule is CCNC(=NCc1cccc(NC(=O)CC(C)C)c1)N1CCC(N2CCOCC2)C1. The minimum Gasteiger partial charge on any atom is -0.379 e. The molecule has 2 fully saturated rings. The molecule has 0 radical (unpaired) electrons. The fourth-order valence-electron chi connectivity index (χ4n) is 4.10. The van der Waals surface area contributed by atoms with E-state index >= 15 is 0 Å². The van der Waals surface area contributed by atoms with Crippen molar-refractivity contribution in [2.24, 2.45) is 10.9 Å². The Labute approximate surface area is 180 Å². The molecule has 2 aliphatic heterocycles. The second-order valence-electron chi connectivity index (χ2n) is 8.55. The number of amides is 1. The van der Waals surface area contributed by atoms with Crippen molar-refractivity contribution in [1.82, 2.24) is 15.1 Å². The fourth-order valence-corrected chi connectivity index (χ4v) is 4.10. The number of likely N-dealkylation sites (tertiary alicyclic amines) is 1. The molecule has 1 aromatic carbocycles. The molecule has 2 N–H and O–H groups in total. The number of carbonyl (C=O) groups is 1. The van der Waals surface area contributed by atoms with Crippen LogP contribution in [0.15, 0.2) is 29.3 Å². The summed E-state index contributed by atoms with van der Waals surface area (Å²) in [6, 6.07) is 8.58. The minimum atomic E-state index is 0.0604. The summed E-state index contributed by atoms with van der Waals surface area (Å²) in [6.07, 6.45) is 1.70.